The highest BCUT2D eigenvalue weighted by Crippen LogP contribution is 2.37. The Morgan fingerprint density at radius 1 is 0.564 bits per heavy atom. The third kappa shape index (κ3) is 5.21. The molecule has 3 heterocycles. The summed E-state index contributed by atoms with van der Waals surface area (Å²) in [6.07, 6.45) is 7.65. The zero-order valence-corrected chi connectivity index (χ0v) is 21.8. The normalized spacial score (nSPS) is 11.2. The monoisotopic (exact) mass is 524 g/mol. The van der Waals surface area contributed by atoms with Crippen LogP contribution in [0.3, 0.4) is 0 Å². The van der Waals surface area contributed by atoms with Crippen LogP contribution in [0.15, 0.2) is 143 Å². The minimum Gasteiger partial charge on any atom is -0.284 e. The van der Waals surface area contributed by atoms with Gasteiger partial charge in [0.15, 0.2) is 0 Å². The lowest BCUT2D eigenvalue weighted by Gasteiger charge is -2.11. The van der Waals surface area contributed by atoms with Crippen LogP contribution in [0.25, 0.3) is 45.1 Å². The fourth-order valence-electron chi connectivity index (χ4n) is 4.56. The summed E-state index contributed by atoms with van der Waals surface area (Å²) in [5, 5.41) is 2.05. The van der Waals surface area contributed by atoms with Crippen molar-refractivity contribution >= 4 is 23.5 Å². The molecule has 0 unspecified atom stereocenters. The zero-order chi connectivity index (χ0) is 26.6. The smallest absolute Gasteiger partial charge is 0.255 e. The van der Waals surface area contributed by atoms with Gasteiger partial charge in [-0.3, -0.25) is 18.7 Å². The standard InChI is InChI=1S/C34H24N2O2S/c37-32-17-16-28(24-36(32)29-11-5-2-6-12-29)34-31(19-21-39-34)27-10-7-13-30(23-27)35-20-18-26(22-33(35)38)15-14-25-8-3-1-4-9-25/h1-24H. The van der Waals surface area contributed by atoms with Gasteiger partial charge in [-0.1, -0.05) is 72.8 Å². The number of thiophene rings is 1. The van der Waals surface area contributed by atoms with Gasteiger partial charge in [-0.25, -0.2) is 0 Å². The molecule has 3 aromatic carbocycles. The summed E-state index contributed by atoms with van der Waals surface area (Å²) in [6, 6.07) is 36.7. The Bertz CT molecular complexity index is 1900. The summed E-state index contributed by atoms with van der Waals surface area (Å²) in [5.74, 6) is 0. The number of pyridine rings is 2. The first-order valence-electron chi connectivity index (χ1n) is 12.6. The first-order chi connectivity index (χ1) is 19.2. The lowest BCUT2D eigenvalue weighted by molar-refractivity contribution is 0.989. The van der Waals surface area contributed by atoms with E-state index >= 15 is 0 Å². The Labute approximate surface area is 230 Å². The van der Waals surface area contributed by atoms with Crippen molar-refractivity contribution in [3.8, 4) is 32.9 Å². The molecule has 0 N–H and O–H groups in total. The highest BCUT2D eigenvalue weighted by molar-refractivity contribution is 7.14. The molecule has 5 heteroatoms. The predicted molar refractivity (Wildman–Crippen MR) is 162 cm³/mol. The minimum atomic E-state index is -0.0946. The van der Waals surface area contributed by atoms with Crippen LogP contribution >= 0.6 is 11.3 Å². The maximum Gasteiger partial charge on any atom is 0.255 e. The molecular formula is C34H24N2O2S. The van der Waals surface area contributed by atoms with Gasteiger partial charge < -0.3 is 0 Å². The molecular weight excluding hydrogens is 500 g/mol. The molecule has 0 amide bonds. The van der Waals surface area contributed by atoms with E-state index in [4.69, 9.17) is 0 Å². The molecule has 0 fully saturated rings. The van der Waals surface area contributed by atoms with E-state index in [2.05, 4.69) is 11.4 Å². The van der Waals surface area contributed by atoms with E-state index in [0.717, 1.165) is 44.1 Å². The Hall–Kier alpha value is -5.00. The minimum absolute atomic E-state index is 0.0773. The second-order valence-corrected chi connectivity index (χ2v) is 10.0. The number of hydrogen-bond acceptors (Lipinski definition) is 3. The summed E-state index contributed by atoms with van der Waals surface area (Å²) in [5.41, 5.74) is 6.39. The maximum absolute atomic E-state index is 13.0. The number of benzene rings is 3. The molecule has 6 rings (SSSR count). The van der Waals surface area contributed by atoms with Gasteiger partial charge in [-0.05, 0) is 64.5 Å². The van der Waals surface area contributed by atoms with Crippen molar-refractivity contribution in [1.29, 1.82) is 0 Å². The molecule has 0 aliphatic rings. The van der Waals surface area contributed by atoms with Gasteiger partial charge in [0.1, 0.15) is 0 Å². The van der Waals surface area contributed by atoms with Crippen molar-refractivity contribution in [3.63, 3.8) is 0 Å². The Kier molecular flexibility index (Phi) is 6.73. The van der Waals surface area contributed by atoms with E-state index in [-0.39, 0.29) is 11.1 Å². The quantitative estimate of drug-likeness (QED) is 0.226. The summed E-state index contributed by atoms with van der Waals surface area (Å²) in [6.45, 7) is 0. The molecule has 0 saturated carbocycles. The first-order valence-corrected chi connectivity index (χ1v) is 13.5. The maximum atomic E-state index is 13.0. The molecule has 3 aromatic heterocycles. The molecule has 4 nitrogen and oxygen atoms in total. The lowest BCUT2D eigenvalue weighted by atomic mass is 10.0. The van der Waals surface area contributed by atoms with Crippen LogP contribution in [0.5, 0.6) is 0 Å². The van der Waals surface area contributed by atoms with Gasteiger partial charge in [0, 0.05) is 51.9 Å². The Balaban J connectivity index is 1.33. The van der Waals surface area contributed by atoms with Crippen molar-refractivity contribution in [3.05, 3.63) is 165 Å². The van der Waals surface area contributed by atoms with Crippen molar-refractivity contribution in [1.82, 2.24) is 9.13 Å². The molecule has 188 valence electrons. The number of rotatable bonds is 6. The van der Waals surface area contributed by atoms with Crippen LogP contribution in [0.2, 0.25) is 0 Å². The second kappa shape index (κ2) is 10.8. The summed E-state index contributed by atoms with van der Waals surface area (Å²) in [4.78, 5) is 26.7. The molecule has 0 spiro atoms. The molecule has 0 radical (unpaired) electrons. The van der Waals surface area contributed by atoms with E-state index in [1.807, 2.05) is 122 Å². The van der Waals surface area contributed by atoms with Crippen LogP contribution in [0.4, 0.5) is 0 Å². The molecule has 0 aliphatic carbocycles. The van der Waals surface area contributed by atoms with Crippen molar-refractivity contribution in [2.75, 3.05) is 0 Å². The molecule has 0 saturated heterocycles. The fraction of sp³-hybridized carbons (Fsp3) is 0. The zero-order valence-electron chi connectivity index (χ0n) is 21.0. The fourth-order valence-corrected chi connectivity index (χ4v) is 5.47. The Morgan fingerprint density at radius 2 is 1.31 bits per heavy atom. The van der Waals surface area contributed by atoms with Crippen LogP contribution in [-0.4, -0.2) is 9.13 Å². The molecule has 0 atom stereocenters. The highest BCUT2D eigenvalue weighted by Gasteiger charge is 2.12. The van der Waals surface area contributed by atoms with Crippen LogP contribution in [0, 0.1) is 0 Å². The second-order valence-electron chi connectivity index (χ2n) is 9.09. The summed E-state index contributed by atoms with van der Waals surface area (Å²) >= 11 is 1.63. The summed E-state index contributed by atoms with van der Waals surface area (Å²) < 4.78 is 3.33. The third-order valence-electron chi connectivity index (χ3n) is 6.52. The van der Waals surface area contributed by atoms with Crippen molar-refractivity contribution < 1.29 is 0 Å². The lowest BCUT2D eigenvalue weighted by Crippen LogP contribution is -2.16. The van der Waals surface area contributed by atoms with E-state index in [1.54, 1.807) is 32.6 Å². The SMILES string of the molecule is O=c1cc(C=Cc2ccccc2)ccn1-c1cccc(-c2ccsc2-c2ccc(=O)n(-c3ccccc3)c2)c1. The van der Waals surface area contributed by atoms with E-state index in [0.29, 0.717) is 0 Å². The van der Waals surface area contributed by atoms with Gasteiger partial charge in [0.2, 0.25) is 0 Å². The van der Waals surface area contributed by atoms with Crippen LogP contribution < -0.4 is 11.1 Å². The van der Waals surface area contributed by atoms with Crippen LogP contribution in [0.1, 0.15) is 11.1 Å². The number of nitrogens with zero attached hydrogens (tertiary/aromatic N) is 2. The van der Waals surface area contributed by atoms with Gasteiger partial charge in [0.05, 0.1) is 0 Å². The number of hydrogen-bond donors (Lipinski definition) is 0. The van der Waals surface area contributed by atoms with E-state index in [1.165, 1.54) is 0 Å². The van der Waals surface area contributed by atoms with Gasteiger partial charge in [0.25, 0.3) is 11.1 Å². The van der Waals surface area contributed by atoms with Crippen molar-refractivity contribution in [2.45, 2.75) is 0 Å². The van der Waals surface area contributed by atoms with Gasteiger partial charge in [-0.2, -0.15) is 0 Å². The van der Waals surface area contributed by atoms with E-state index < -0.39 is 0 Å². The number of aromatic nitrogens is 2. The third-order valence-corrected chi connectivity index (χ3v) is 7.48. The molecule has 0 bridgehead atoms. The molecule has 39 heavy (non-hydrogen) atoms. The highest BCUT2D eigenvalue weighted by atomic mass is 32.1. The Morgan fingerprint density at radius 3 is 2.10 bits per heavy atom. The van der Waals surface area contributed by atoms with E-state index in [9.17, 15) is 9.59 Å². The van der Waals surface area contributed by atoms with Gasteiger partial charge in [-0.15, -0.1) is 11.3 Å². The van der Waals surface area contributed by atoms with Gasteiger partial charge >= 0.3 is 0 Å². The predicted octanol–water partition coefficient (Wildman–Crippen LogP) is 7.55. The topological polar surface area (TPSA) is 44.0 Å². The molecule has 0 aliphatic heterocycles. The summed E-state index contributed by atoms with van der Waals surface area (Å²) in [7, 11) is 0. The average molecular weight is 525 g/mol. The largest absolute Gasteiger partial charge is 0.284 e. The van der Waals surface area contributed by atoms with Crippen LogP contribution in [-0.2, 0) is 0 Å². The average Bonchev–Trinajstić information content (AvgIpc) is 3.48. The molecule has 6 aromatic rings. The van der Waals surface area contributed by atoms with Crippen molar-refractivity contribution in [2.24, 2.45) is 0 Å². The number of para-hydroxylation sites is 1. The first kappa shape index (κ1) is 24.3.